The molecule has 1 aliphatic heterocycles. The topological polar surface area (TPSA) is 37.4 Å². The molecule has 1 aliphatic carbocycles. The number of thioether (sulfide) groups is 1. The second-order valence-corrected chi connectivity index (χ2v) is 10.9. The van der Waals surface area contributed by atoms with Gasteiger partial charge in [0, 0.05) is 21.3 Å². The molecule has 0 atom stereocenters. The summed E-state index contributed by atoms with van der Waals surface area (Å²) in [6.45, 7) is 0.574. The number of imide groups is 1. The predicted octanol–water partition coefficient (Wildman–Crippen LogP) is 7.17. The van der Waals surface area contributed by atoms with E-state index in [0.717, 1.165) is 43.6 Å². The Kier molecular flexibility index (Phi) is 6.51. The highest BCUT2D eigenvalue weighted by atomic mass is 35.5. The van der Waals surface area contributed by atoms with E-state index in [0.29, 0.717) is 17.4 Å². The standard InChI is InChI=1S/C21H20ClNO2S3/c22-15-6-8-16(9-7-15)26-19-11-10-17(27-19)12-18-20(24)23(21(25)28-18)13-14-4-2-1-3-5-14/h6-12,14H,1-5,13H2/b18-12+. The van der Waals surface area contributed by atoms with E-state index in [9.17, 15) is 9.59 Å². The lowest BCUT2D eigenvalue weighted by Crippen LogP contribution is -2.34. The van der Waals surface area contributed by atoms with Crippen molar-refractivity contribution in [3.05, 3.63) is 51.2 Å². The summed E-state index contributed by atoms with van der Waals surface area (Å²) in [5.41, 5.74) is 0. The van der Waals surface area contributed by atoms with Crippen molar-refractivity contribution in [1.29, 1.82) is 0 Å². The van der Waals surface area contributed by atoms with E-state index < -0.39 is 0 Å². The van der Waals surface area contributed by atoms with Crippen LogP contribution in [0.15, 0.2) is 50.4 Å². The summed E-state index contributed by atoms with van der Waals surface area (Å²) in [5, 5.41) is 0.592. The fourth-order valence-corrected chi connectivity index (χ4v) is 6.61. The summed E-state index contributed by atoms with van der Waals surface area (Å²) < 4.78 is 1.13. The summed E-state index contributed by atoms with van der Waals surface area (Å²) in [6, 6.07) is 11.8. The molecule has 2 aromatic rings. The molecule has 2 heterocycles. The lowest BCUT2D eigenvalue weighted by Gasteiger charge is -2.25. The van der Waals surface area contributed by atoms with Crippen LogP contribution >= 0.6 is 46.5 Å². The van der Waals surface area contributed by atoms with Gasteiger partial charge in [0.1, 0.15) is 0 Å². The lowest BCUT2D eigenvalue weighted by molar-refractivity contribution is -0.123. The van der Waals surface area contributed by atoms with Gasteiger partial charge in [-0.1, -0.05) is 42.6 Å². The molecule has 28 heavy (non-hydrogen) atoms. The van der Waals surface area contributed by atoms with Crippen LogP contribution in [0, 0.1) is 5.92 Å². The maximum Gasteiger partial charge on any atom is 0.293 e. The SMILES string of the molecule is O=C1S/C(=C/c2ccc(Sc3ccc(Cl)cc3)s2)C(=O)N1CC1CCCCC1. The first kappa shape index (κ1) is 20.1. The van der Waals surface area contributed by atoms with Crippen LogP contribution in [0.5, 0.6) is 0 Å². The Balaban J connectivity index is 1.42. The predicted molar refractivity (Wildman–Crippen MR) is 119 cm³/mol. The number of hydrogen-bond acceptors (Lipinski definition) is 5. The first-order chi connectivity index (χ1) is 13.6. The first-order valence-corrected chi connectivity index (χ1v) is 12.2. The number of rotatable bonds is 5. The Hall–Kier alpha value is -1.21. The number of amides is 2. The van der Waals surface area contributed by atoms with Crippen molar-refractivity contribution >= 4 is 63.7 Å². The minimum absolute atomic E-state index is 0.130. The number of halogens is 1. The Morgan fingerprint density at radius 3 is 2.57 bits per heavy atom. The highest BCUT2D eigenvalue weighted by Crippen LogP contribution is 2.38. The Bertz CT molecular complexity index is 901. The number of benzene rings is 1. The van der Waals surface area contributed by atoms with Crippen LogP contribution in [0.4, 0.5) is 4.79 Å². The maximum atomic E-state index is 12.7. The van der Waals surface area contributed by atoms with Gasteiger partial charge in [0.25, 0.3) is 11.1 Å². The third-order valence-corrected chi connectivity index (χ3v) is 8.28. The van der Waals surface area contributed by atoms with Crippen LogP contribution in [-0.4, -0.2) is 22.6 Å². The lowest BCUT2D eigenvalue weighted by atomic mass is 9.89. The van der Waals surface area contributed by atoms with Crippen LogP contribution in [0.2, 0.25) is 5.02 Å². The molecule has 1 aromatic carbocycles. The van der Waals surface area contributed by atoms with Crippen LogP contribution in [0.3, 0.4) is 0 Å². The molecule has 4 rings (SSSR count). The van der Waals surface area contributed by atoms with E-state index >= 15 is 0 Å². The molecule has 2 aliphatic rings. The van der Waals surface area contributed by atoms with Crippen LogP contribution in [0.25, 0.3) is 6.08 Å². The molecule has 0 unspecified atom stereocenters. The summed E-state index contributed by atoms with van der Waals surface area (Å²) in [7, 11) is 0. The normalized spacial score (nSPS) is 19.8. The molecule has 2 amide bonds. The first-order valence-electron chi connectivity index (χ1n) is 9.37. The molecule has 1 saturated heterocycles. The van der Waals surface area contributed by atoms with Gasteiger partial charge < -0.3 is 0 Å². The fourth-order valence-electron chi connectivity index (χ4n) is 3.50. The molecule has 1 aromatic heterocycles. The molecule has 0 bridgehead atoms. The van der Waals surface area contributed by atoms with E-state index in [1.165, 1.54) is 24.2 Å². The molecule has 7 heteroatoms. The van der Waals surface area contributed by atoms with Crippen LogP contribution in [0.1, 0.15) is 37.0 Å². The smallest absolute Gasteiger partial charge is 0.268 e. The number of carbonyl (C=O) groups excluding carboxylic acids is 2. The molecule has 0 spiro atoms. The van der Waals surface area contributed by atoms with Gasteiger partial charge in [0.05, 0.1) is 9.11 Å². The molecular formula is C21H20ClNO2S3. The summed E-state index contributed by atoms with van der Waals surface area (Å²) in [6.07, 6.45) is 7.78. The third kappa shape index (κ3) is 4.85. The van der Waals surface area contributed by atoms with Crippen molar-refractivity contribution < 1.29 is 9.59 Å². The van der Waals surface area contributed by atoms with Gasteiger partial charge in [0.15, 0.2) is 0 Å². The Labute approximate surface area is 182 Å². The highest BCUT2D eigenvalue weighted by Gasteiger charge is 2.36. The monoisotopic (exact) mass is 449 g/mol. The quantitative estimate of drug-likeness (QED) is 0.453. The molecule has 146 valence electrons. The molecule has 1 saturated carbocycles. The van der Waals surface area contributed by atoms with Crippen molar-refractivity contribution in [3.63, 3.8) is 0 Å². The van der Waals surface area contributed by atoms with Gasteiger partial charge in [-0.05, 0) is 73.0 Å². The average molecular weight is 450 g/mol. The van der Waals surface area contributed by atoms with E-state index in [4.69, 9.17) is 11.6 Å². The van der Waals surface area contributed by atoms with E-state index in [2.05, 4.69) is 0 Å². The third-order valence-electron chi connectivity index (χ3n) is 4.95. The van der Waals surface area contributed by atoms with Gasteiger partial charge >= 0.3 is 0 Å². The van der Waals surface area contributed by atoms with Crippen molar-refractivity contribution in [2.24, 2.45) is 5.92 Å². The summed E-state index contributed by atoms with van der Waals surface area (Å²) in [5.74, 6) is 0.326. The molecule has 2 fully saturated rings. The van der Waals surface area contributed by atoms with E-state index in [-0.39, 0.29) is 11.1 Å². The minimum Gasteiger partial charge on any atom is -0.268 e. The Morgan fingerprint density at radius 1 is 1.07 bits per heavy atom. The maximum absolute atomic E-state index is 12.7. The number of nitrogens with zero attached hydrogens (tertiary/aromatic N) is 1. The molecule has 0 N–H and O–H groups in total. The molecular weight excluding hydrogens is 430 g/mol. The molecule has 0 radical (unpaired) electrons. The van der Waals surface area contributed by atoms with E-state index in [1.54, 1.807) is 23.1 Å². The van der Waals surface area contributed by atoms with Crippen molar-refractivity contribution in [2.75, 3.05) is 6.54 Å². The van der Waals surface area contributed by atoms with Crippen LogP contribution < -0.4 is 0 Å². The minimum atomic E-state index is -0.138. The zero-order valence-corrected chi connectivity index (χ0v) is 18.4. The van der Waals surface area contributed by atoms with Crippen molar-refractivity contribution in [2.45, 2.75) is 41.2 Å². The zero-order valence-electron chi connectivity index (χ0n) is 15.2. The summed E-state index contributed by atoms with van der Waals surface area (Å²) in [4.78, 5) is 29.2. The van der Waals surface area contributed by atoms with Gasteiger partial charge in [-0.3, -0.25) is 14.5 Å². The van der Waals surface area contributed by atoms with Gasteiger partial charge in [0.2, 0.25) is 0 Å². The Morgan fingerprint density at radius 2 is 1.82 bits per heavy atom. The van der Waals surface area contributed by atoms with Crippen molar-refractivity contribution in [3.8, 4) is 0 Å². The largest absolute Gasteiger partial charge is 0.293 e. The number of hydrogen-bond donors (Lipinski definition) is 0. The number of carbonyl (C=O) groups is 2. The van der Waals surface area contributed by atoms with Gasteiger partial charge in [-0.25, -0.2) is 0 Å². The average Bonchev–Trinajstić information content (AvgIpc) is 3.24. The highest BCUT2D eigenvalue weighted by molar-refractivity contribution is 8.18. The summed E-state index contributed by atoms with van der Waals surface area (Å²) >= 11 is 10.3. The van der Waals surface area contributed by atoms with Crippen LogP contribution in [-0.2, 0) is 4.79 Å². The van der Waals surface area contributed by atoms with Gasteiger partial charge in [-0.15, -0.1) is 11.3 Å². The fraction of sp³-hybridized carbons (Fsp3) is 0.333. The van der Waals surface area contributed by atoms with Crippen molar-refractivity contribution in [1.82, 2.24) is 4.90 Å². The number of thiophene rings is 1. The van der Waals surface area contributed by atoms with Gasteiger partial charge in [-0.2, -0.15) is 0 Å². The second kappa shape index (κ2) is 9.08. The zero-order chi connectivity index (χ0) is 19.5. The van der Waals surface area contributed by atoms with E-state index in [1.807, 2.05) is 42.5 Å². The second-order valence-electron chi connectivity index (χ2n) is 7.01. The molecule has 3 nitrogen and oxygen atoms in total.